The van der Waals surface area contributed by atoms with E-state index in [0.717, 1.165) is 5.57 Å². The second-order valence-corrected chi connectivity index (χ2v) is 1.84. The van der Waals surface area contributed by atoms with Gasteiger partial charge >= 0.3 is 0 Å². The van der Waals surface area contributed by atoms with Gasteiger partial charge in [-0.2, -0.15) is 5.26 Å². The van der Waals surface area contributed by atoms with Crippen LogP contribution in [0.3, 0.4) is 0 Å². The zero-order valence-corrected chi connectivity index (χ0v) is 6.63. The molecule has 0 saturated carbocycles. The first-order valence-electron chi connectivity index (χ1n) is 3.19. The summed E-state index contributed by atoms with van der Waals surface area (Å²) >= 11 is 0. The van der Waals surface area contributed by atoms with E-state index in [1.807, 2.05) is 6.07 Å². The van der Waals surface area contributed by atoms with E-state index in [2.05, 4.69) is 13.2 Å². The molecule has 11 heavy (non-hydrogen) atoms. The van der Waals surface area contributed by atoms with E-state index in [-0.39, 0.29) is 0 Å². The minimum atomic E-state index is 0.304. The van der Waals surface area contributed by atoms with Gasteiger partial charge in [0.25, 0.3) is 0 Å². The van der Waals surface area contributed by atoms with Gasteiger partial charge in [-0.05, 0) is 6.08 Å². The highest BCUT2D eigenvalue weighted by molar-refractivity contribution is 5.29. The fourth-order valence-corrected chi connectivity index (χ4v) is 0.691. The number of rotatable bonds is 4. The van der Waals surface area contributed by atoms with Gasteiger partial charge in [-0.3, -0.25) is 0 Å². The fraction of sp³-hybridized carbons (Fsp3) is 0.222. The van der Waals surface area contributed by atoms with Crippen molar-refractivity contribution in [2.45, 2.75) is 6.42 Å². The largest absolute Gasteiger partial charge is 0.496 e. The van der Waals surface area contributed by atoms with Gasteiger partial charge in [0.1, 0.15) is 5.76 Å². The molecule has 0 aliphatic heterocycles. The molecule has 0 aromatic carbocycles. The maximum Gasteiger partial charge on any atom is 0.122 e. The van der Waals surface area contributed by atoms with Crippen LogP contribution in [0, 0.1) is 11.3 Å². The van der Waals surface area contributed by atoms with Crippen molar-refractivity contribution >= 4 is 0 Å². The topological polar surface area (TPSA) is 33.0 Å². The van der Waals surface area contributed by atoms with Crippen LogP contribution in [-0.2, 0) is 4.74 Å². The minimum Gasteiger partial charge on any atom is -0.496 e. The van der Waals surface area contributed by atoms with Crippen LogP contribution >= 0.6 is 0 Å². The summed E-state index contributed by atoms with van der Waals surface area (Å²) in [4.78, 5) is 0. The Hall–Kier alpha value is -1.49. The molecule has 2 nitrogen and oxygen atoms in total. The molecule has 2 heteroatoms. The maximum atomic E-state index is 8.39. The Labute approximate surface area is 67.1 Å². The van der Waals surface area contributed by atoms with Crippen molar-refractivity contribution in [3.63, 3.8) is 0 Å². The molecule has 0 spiro atoms. The number of nitriles is 1. The summed E-state index contributed by atoms with van der Waals surface area (Å²) in [5, 5.41) is 8.39. The molecule has 0 atom stereocenters. The zero-order valence-electron chi connectivity index (χ0n) is 6.63. The van der Waals surface area contributed by atoms with Crippen LogP contribution in [0.5, 0.6) is 0 Å². The third kappa shape index (κ3) is 2.72. The van der Waals surface area contributed by atoms with E-state index >= 15 is 0 Å². The summed E-state index contributed by atoms with van der Waals surface area (Å²) in [6, 6.07) is 2.01. The lowest BCUT2D eigenvalue weighted by atomic mass is 10.1. The summed E-state index contributed by atoms with van der Waals surface area (Å²) in [5.41, 5.74) is 0.769. The summed E-state index contributed by atoms with van der Waals surface area (Å²) in [5.74, 6) is 0.613. The zero-order chi connectivity index (χ0) is 8.69. The molecule has 0 saturated heterocycles. The second-order valence-electron chi connectivity index (χ2n) is 1.84. The molecule has 0 fully saturated rings. The Bertz CT molecular complexity index is 220. The molecule has 0 N–H and O–H groups in total. The third-order valence-corrected chi connectivity index (χ3v) is 1.24. The van der Waals surface area contributed by atoms with Crippen molar-refractivity contribution in [2.24, 2.45) is 0 Å². The highest BCUT2D eigenvalue weighted by Gasteiger charge is 1.98. The van der Waals surface area contributed by atoms with Gasteiger partial charge in [-0.15, -0.1) is 0 Å². The minimum absolute atomic E-state index is 0.304. The highest BCUT2D eigenvalue weighted by atomic mass is 16.5. The van der Waals surface area contributed by atoms with Crippen molar-refractivity contribution < 1.29 is 4.74 Å². The van der Waals surface area contributed by atoms with Crippen LogP contribution in [0.4, 0.5) is 0 Å². The number of allylic oxidation sites excluding steroid dienone is 3. The molecule has 0 unspecified atom stereocenters. The normalized spacial score (nSPS) is 10.9. The van der Waals surface area contributed by atoms with Crippen LogP contribution in [0.2, 0.25) is 0 Å². The van der Waals surface area contributed by atoms with E-state index in [0.29, 0.717) is 12.2 Å². The quantitative estimate of drug-likeness (QED) is 0.453. The predicted molar refractivity (Wildman–Crippen MR) is 44.7 cm³/mol. The van der Waals surface area contributed by atoms with Crippen LogP contribution < -0.4 is 0 Å². The molecular formula is C9H11NO. The van der Waals surface area contributed by atoms with Crippen molar-refractivity contribution in [3.05, 3.63) is 36.6 Å². The molecule has 0 bridgehead atoms. The first kappa shape index (κ1) is 9.51. The Morgan fingerprint density at radius 1 is 1.55 bits per heavy atom. The lowest BCUT2D eigenvalue weighted by Crippen LogP contribution is -1.88. The fourth-order valence-electron chi connectivity index (χ4n) is 0.691. The van der Waals surface area contributed by atoms with Crippen LogP contribution in [0.15, 0.2) is 36.6 Å². The van der Waals surface area contributed by atoms with Crippen molar-refractivity contribution in [3.8, 4) is 6.07 Å². The monoisotopic (exact) mass is 149 g/mol. The van der Waals surface area contributed by atoms with Gasteiger partial charge in [0, 0.05) is 5.57 Å². The molecule has 0 aromatic heterocycles. The Morgan fingerprint density at radius 3 is 2.45 bits per heavy atom. The molecule has 0 heterocycles. The first-order chi connectivity index (χ1) is 5.29. The summed E-state index contributed by atoms with van der Waals surface area (Å²) in [7, 11) is 1.54. The smallest absolute Gasteiger partial charge is 0.122 e. The molecular weight excluding hydrogens is 138 g/mol. The van der Waals surface area contributed by atoms with Gasteiger partial charge in [-0.25, -0.2) is 0 Å². The summed E-state index contributed by atoms with van der Waals surface area (Å²) in [6.07, 6.45) is 3.47. The molecule has 0 aromatic rings. The lowest BCUT2D eigenvalue weighted by molar-refractivity contribution is 0.303. The van der Waals surface area contributed by atoms with Gasteiger partial charge in [0.2, 0.25) is 0 Å². The van der Waals surface area contributed by atoms with E-state index in [1.54, 1.807) is 12.2 Å². The van der Waals surface area contributed by atoms with E-state index < -0.39 is 0 Å². The average Bonchev–Trinajstić information content (AvgIpc) is 2.05. The number of ether oxygens (including phenoxy) is 1. The summed E-state index contributed by atoms with van der Waals surface area (Å²) in [6.45, 7) is 7.10. The average molecular weight is 149 g/mol. The number of hydrogen-bond donors (Lipinski definition) is 0. The lowest BCUT2D eigenvalue weighted by Gasteiger charge is -2.02. The van der Waals surface area contributed by atoms with Crippen LogP contribution in [0.25, 0.3) is 0 Å². The van der Waals surface area contributed by atoms with Crippen molar-refractivity contribution in [1.29, 1.82) is 5.26 Å². The Balaban J connectivity index is 4.64. The SMILES string of the molecule is C=C/C(CC#N)=C(\C=C)OC. The maximum absolute atomic E-state index is 8.39. The standard InChI is InChI=1S/C9H11NO/c1-4-8(6-7-10)9(5-2)11-3/h4-5H,1-2,6H2,3H3/b9-8-. The Kier molecular flexibility index (Phi) is 4.59. The highest BCUT2D eigenvalue weighted by Crippen LogP contribution is 2.10. The molecule has 0 radical (unpaired) electrons. The van der Waals surface area contributed by atoms with Gasteiger partial charge < -0.3 is 4.74 Å². The molecule has 0 aliphatic carbocycles. The third-order valence-electron chi connectivity index (χ3n) is 1.24. The van der Waals surface area contributed by atoms with Gasteiger partial charge in [-0.1, -0.05) is 19.2 Å². The summed E-state index contributed by atoms with van der Waals surface area (Å²) < 4.78 is 4.94. The van der Waals surface area contributed by atoms with Crippen LogP contribution in [-0.4, -0.2) is 7.11 Å². The van der Waals surface area contributed by atoms with E-state index in [1.165, 1.54) is 7.11 Å². The molecule has 0 amide bonds. The van der Waals surface area contributed by atoms with Gasteiger partial charge in [0.15, 0.2) is 0 Å². The van der Waals surface area contributed by atoms with Crippen LogP contribution in [0.1, 0.15) is 6.42 Å². The number of methoxy groups -OCH3 is 1. The molecule has 0 aliphatic rings. The van der Waals surface area contributed by atoms with Crippen molar-refractivity contribution in [1.82, 2.24) is 0 Å². The van der Waals surface area contributed by atoms with E-state index in [4.69, 9.17) is 10.00 Å². The van der Waals surface area contributed by atoms with Crippen molar-refractivity contribution in [2.75, 3.05) is 7.11 Å². The van der Waals surface area contributed by atoms with Gasteiger partial charge in [0.05, 0.1) is 19.6 Å². The second kappa shape index (κ2) is 5.31. The molecule has 58 valence electrons. The Morgan fingerprint density at radius 2 is 2.18 bits per heavy atom. The molecule has 0 rings (SSSR count). The predicted octanol–water partition coefficient (Wildman–Crippen LogP) is 2.17. The number of hydrogen-bond acceptors (Lipinski definition) is 2. The van der Waals surface area contributed by atoms with E-state index in [9.17, 15) is 0 Å². The first-order valence-corrected chi connectivity index (χ1v) is 3.19. The number of nitrogens with zero attached hydrogens (tertiary/aromatic N) is 1.